The lowest BCUT2D eigenvalue weighted by Gasteiger charge is -2.11. The molecule has 0 aliphatic carbocycles. The Balaban J connectivity index is 2.03. The fraction of sp³-hybridized carbons (Fsp3) is 0.286. The zero-order chi connectivity index (χ0) is 14.4. The minimum atomic E-state index is -0.0871. The van der Waals surface area contributed by atoms with Gasteiger partial charge in [-0.05, 0) is 24.3 Å². The molecule has 0 spiro atoms. The van der Waals surface area contributed by atoms with E-state index >= 15 is 0 Å². The highest BCUT2D eigenvalue weighted by molar-refractivity contribution is 5.99. The van der Waals surface area contributed by atoms with E-state index in [0.29, 0.717) is 18.8 Å². The largest absolute Gasteiger partial charge is 0.397 e. The number of carbonyl (C=O) groups is 1. The van der Waals surface area contributed by atoms with Gasteiger partial charge < -0.3 is 21.1 Å². The summed E-state index contributed by atoms with van der Waals surface area (Å²) in [5.41, 5.74) is 8.07. The fourth-order valence-electron chi connectivity index (χ4n) is 1.88. The number of nitrogen functional groups attached to an aromatic ring is 1. The Morgan fingerprint density at radius 3 is 3.05 bits per heavy atom. The number of methoxy groups -OCH3 is 1. The van der Waals surface area contributed by atoms with E-state index in [1.165, 1.54) is 0 Å². The summed E-state index contributed by atoms with van der Waals surface area (Å²) in [6.07, 6.45) is 1.69. The van der Waals surface area contributed by atoms with E-state index in [2.05, 4.69) is 15.6 Å². The molecule has 0 bridgehead atoms. The van der Waals surface area contributed by atoms with Gasteiger partial charge in [-0.15, -0.1) is 0 Å². The monoisotopic (exact) mass is 274 g/mol. The first kappa shape index (κ1) is 14.1. The van der Waals surface area contributed by atoms with Crippen LogP contribution in [-0.4, -0.2) is 37.7 Å². The number of ether oxygens (including phenoxy) is 1. The summed E-state index contributed by atoms with van der Waals surface area (Å²) < 4.78 is 4.87. The van der Waals surface area contributed by atoms with Gasteiger partial charge >= 0.3 is 0 Å². The predicted octanol–water partition coefficient (Wildman–Crippen LogP) is 0.991. The van der Waals surface area contributed by atoms with Crippen molar-refractivity contribution >= 4 is 28.2 Å². The molecule has 20 heavy (non-hydrogen) atoms. The molecule has 0 radical (unpaired) electrons. The van der Waals surface area contributed by atoms with Crippen LogP contribution in [-0.2, 0) is 9.53 Å². The van der Waals surface area contributed by atoms with E-state index in [0.717, 1.165) is 16.6 Å². The zero-order valence-corrected chi connectivity index (χ0v) is 11.3. The number of aromatic nitrogens is 1. The highest BCUT2D eigenvalue weighted by Gasteiger charge is 2.06. The molecule has 0 saturated carbocycles. The number of carbonyl (C=O) groups excluding carboxylic acids is 1. The number of rotatable bonds is 6. The van der Waals surface area contributed by atoms with Gasteiger partial charge in [0.15, 0.2) is 0 Å². The van der Waals surface area contributed by atoms with E-state index in [-0.39, 0.29) is 12.5 Å². The molecular weight excluding hydrogens is 256 g/mol. The fourth-order valence-corrected chi connectivity index (χ4v) is 1.88. The van der Waals surface area contributed by atoms with Crippen LogP contribution in [0.25, 0.3) is 10.9 Å². The average Bonchev–Trinajstić information content (AvgIpc) is 2.47. The lowest BCUT2D eigenvalue weighted by molar-refractivity contribution is -0.119. The first-order valence-electron chi connectivity index (χ1n) is 6.35. The third-order valence-corrected chi connectivity index (χ3v) is 2.87. The van der Waals surface area contributed by atoms with Crippen LogP contribution in [0.2, 0.25) is 0 Å². The Morgan fingerprint density at radius 2 is 2.25 bits per heavy atom. The Bertz CT molecular complexity index is 601. The van der Waals surface area contributed by atoms with Crippen molar-refractivity contribution in [3.8, 4) is 0 Å². The molecule has 0 atom stereocenters. The molecule has 2 aromatic rings. The van der Waals surface area contributed by atoms with Crippen molar-refractivity contribution in [2.45, 2.75) is 0 Å². The van der Waals surface area contributed by atoms with Crippen molar-refractivity contribution in [1.29, 1.82) is 0 Å². The van der Waals surface area contributed by atoms with Gasteiger partial charge in [0.05, 0.1) is 24.4 Å². The molecule has 1 aromatic heterocycles. The van der Waals surface area contributed by atoms with Crippen LogP contribution >= 0.6 is 0 Å². The summed E-state index contributed by atoms with van der Waals surface area (Å²) >= 11 is 0. The normalized spacial score (nSPS) is 10.4. The quantitative estimate of drug-likeness (QED) is 0.540. The molecule has 106 valence electrons. The maximum Gasteiger partial charge on any atom is 0.239 e. The molecule has 0 fully saturated rings. The SMILES string of the molecule is COCCNC(=O)CNc1ccc(N)c2ncccc12. The molecule has 0 saturated heterocycles. The minimum Gasteiger partial charge on any atom is -0.397 e. The van der Waals surface area contributed by atoms with E-state index in [1.807, 2.05) is 18.2 Å². The summed E-state index contributed by atoms with van der Waals surface area (Å²) in [5.74, 6) is -0.0871. The second kappa shape index (κ2) is 6.72. The van der Waals surface area contributed by atoms with Crippen LogP contribution in [0, 0.1) is 0 Å². The standard InChI is InChI=1S/C14H18N4O2/c1-20-8-7-16-13(19)9-18-12-5-4-11(15)14-10(12)3-2-6-17-14/h2-6,18H,7-9,15H2,1H3,(H,16,19). The van der Waals surface area contributed by atoms with Gasteiger partial charge in [0.1, 0.15) is 0 Å². The summed E-state index contributed by atoms with van der Waals surface area (Å²) in [5, 5.41) is 6.74. The van der Waals surface area contributed by atoms with Gasteiger partial charge in [-0.25, -0.2) is 0 Å². The second-order valence-electron chi connectivity index (χ2n) is 4.30. The Labute approximate surface area is 117 Å². The smallest absolute Gasteiger partial charge is 0.239 e. The van der Waals surface area contributed by atoms with Crippen LogP contribution < -0.4 is 16.4 Å². The van der Waals surface area contributed by atoms with Gasteiger partial charge in [-0.3, -0.25) is 9.78 Å². The van der Waals surface area contributed by atoms with Crippen LogP contribution in [0.3, 0.4) is 0 Å². The number of hydrogen-bond acceptors (Lipinski definition) is 5. The molecule has 6 nitrogen and oxygen atoms in total. The molecule has 6 heteroatoms. The van der Waals surface area contributed by atoms with Gasteiger partial charge in [0.25, 0.3) is 0 Å². The molecular formula is C14H18N4O2. The molecule has 1 amide bonds. The van der Waals surface area contributed by atoms with Crippen LogP contribution in [0.1, 0.15) is 0 Å². The molecule has 0 aliphatic heterocycles. The predicted molar refractivity (Wildman–Crippen MR) is 79.5 cm³/mol. The number of hydrogen-bond donors (Lipinski definition) is 3. The number of nitrogens with zero attached hydrogens (tertiary/aromatic N) is 1. The van der Waals surface area contributed by atoms with E-state index in [9.17, 15) is 4.79 Å². The molecule has 4 N–H and O–H groups in total. The number of benzene rings is 1. The Hall–Kier alpha value is -2.34. The Morgan fingerprint density at radius 1 is 1.40 bits per heavy atom. The molecule has 1 heterocycles. The highest BCUT2D eigenvalue weighted by Crippen LogP contribution is 2.25. The zero-order valence-electron chi connectivity index (χ0n) is 11.3. The third kappa shape index (κ3) is 3.36. The number of nitrogens with two attached hydrogens (primary N) is 1. The molecule has 0 aliphatic rings. The maximum atomic E-state index is 11.6. The summed E-state index contributed by atoms with van der Waals surface area (Å²) in [6, 6.07) is 7.39. The first-order chi connectivity index (χ1) is 9.72. The molecule has 2 rings (SSSR count). The average molecular weight is 274 g/mol. The number of nitrogens with one attached hydrogen (secondary N) is 2. The lowest BCUT2D eigenvalue weighted by Crippen LogP contribution is -2.32. The van der Waals surface area contributed by atoms with E-state index in [1.54, 1.807) is 19.4 Å². The Kier molecular flexibility index (Phi) is 4.73. The highest BCUT2D eigenvalue weighted by atomic mass is 16.5. The van der Waals surface area contributed by atoms with Crippen LogP contribution in [0.4, 0.5) is 11.4 Å². The van der Waals surface area contributed by atoms with Crippen molar-refractivity contribution in [2.75, 3.05) is 37.9 Å². The van der Waals surface area contributed by atoms with Crippen LogP contribution in [0.5, 0.6) is 0 Å². The molecule has 1 aromatic carbocycles. The van der Waals surface area contributed by atoms with Gasteiger partial charge in [-0.1, -0.05) is 0 Å². The van der Waals surface area contributed by atoms with E-state index < -0.39 is 0 Å². The topological polar surface area (TPSA) is 89.3 Å². The number of amides is 1. The maximum absolute atomic E-state index is 11.6. The number of fused-ring (bicyclic) bond motifs is 1. The summed E-state index contributed by atoms with van der Waals surface area (Å²) in [6.45, 7) is 1.19. The van der Waals surface area contributed by atoms with Crippen molar-refractivity contribution in [3.63, 3.8) is 0 Å². The second-order valence-corrected chi connectivity index (χ2v) is 4.30. The molecule has 0 unspecified atom stereocenters. The van der Waals surface area contributed by atoms with Crippen molar-refractivity contribution in [1.82, 2.24) is 10.3 Å². The van der Waals surface area contributed by atoms with Crippen molar-refractivity contribution in [3.05, 3.63) is 30.5 Å². The number of anilines is 2. The van der Waals surface area contributed by atoms with E-state index in [4.69, 9.17) is 10.5 Å². The minimum absolute atomic E-state index is 0.0871. The van der Waals surface area contributed by atoms with Gasteiger partial charge in [0.2, 0.25) is 5.91 Å². The lowest BCUT2D eigenvalue weighted by atomic mass is 10.1. The summed E-state index contributed by atoms with van der Waals surface area (Å²) in [7, 11) is 1.60. The van der Waals surface area contributed by atoms with Crippen molar-refractivity contribution < 1.29 is 9.53 Å². The first-order valence-corrected chi connectivity index (χ1v) is 6.35. The number of pyridine rings is 1. The van der Waals surface area contributed by atoms with Crippen LogP contribution in [0.15, 0.2) is 30.5 Å². The summed E-state index contributed by atoms with van der Waals surface area (Å²) in [4.78, 5) is 15.9. The van der Waals surface area contributed by atoms with Crippen molar-refractivity contribution in [2.24, 2.45) is 0 Å². The van der Waals surface area contributed by atoms with Gasteiger partial charge in [-0.2, -0.15) is 0 Å². The van der Waals surface area contributed by atoms with Gasteiger partial charge in [0, 0.05) is 30.9 Å². The third-order valence-electron chi connectivity index (χ3n) is 2.87.